The van der Waals surface area contributed by atoms with Crippen LogP contribution in [0.2, 0.25) is 0 Å². The third kappa shape index (κ3) is 2.38. The van der Waals surface area contributed by atoms with Gasteiger partial charge in [0.15, 0.2) is 0 Å². The zero-order chi connectivity index (χ0) is 8.16. The second kappa shape index (κ2) is 4.36. The first-order valence-corrected chi connectivity index (χ1v) is 4.27. The van der Waals surface area contributed by atoms with E-state index in [1.165, 1.54) is 0 Å². The molecule has 1 fully saturated rings. The van der Waals surface area contributed by atoms with Crippen molar-refractivity contribution in [2.75, 3.05) is 26.6 Å². The van der Waals surface area contributed by atoms with Gasteiger partial charge in [-0.1, -0.05) is 6.92 Å². The third-order valence-electron chi connectivity index (χ3n) is 2.12. The van der Waals surface area contributed by atoms with E-state index in [1.807, 2.05) is 0 Å². The van der Waals surface area contributed by atoms with Gasteiger partial charge in [-0.15, -0.1) is 0 Å². The first-order valence-electron chi connectivity index (χ1n) is 3.80. The van der Waals surface area contributed by atoms with Crippen LogP contribution in [-0.4, -0.2) is 26.6 Å². The predicted octanol–water partition coefficient (Wildman–Crippen LogP) is 1.19. The molecule has 0 spiro atoms. The number of ether oxygens (including phenoxy) is 2. The molecule has 1 rings (SSSR count). The maximum absolute atomic E-state index is 5.22. The van der Waals surface area contributed by atoms with Gasteiger partial charge >= 0.3 is 0 Å². The highest BCUT2D eigenvalue weighted by atomic mass is 31.0. The quantitative estimate of drug-likeness (QED) is 0.607. The third-order valence-corrected chi connectivity index (χ3v) is 2.29. The predicted molar refractivity (Wildman–Crippen MR) is 45.2 cm³/mol. The molecule has 1 heterocycles. The number of hydrogen-bond donors (Lipinski definition) is 0. The molecule has 4 heteroatoms. The van der Waals surface area contributed by atoms with Crippen molar-refractivity contribution >= 4 is 9.47 Å². The van der Waals surface area contributed by atoms with Crippen molar-refractivity contribution in [3.63, 3.8) is 0 Å². The van der Waals surface area contributed by atoms with Crippen LogP contribution in [0.4, 0.5) is 0 Å². The Hall–Kier alpha value is 0.310. The van der Waals surface area contributed by atoms with Gasteiger partial charge in [-0.05, 0) is 6.42 Å². The minimum absolute atomic E-state index is 0.0833. The lowest BCUT2D eigenvalue weighted by Crippen LogP contribution is -2.40. The van der Waals surface area contributed by atoms with Crippen LogP contribution in [-0.2, 0) is 14.0 Å². The van der Waals surface area contributed by atoms with E-state index in [4.69, 9.17) is 14.0 Å². The van der Waals surface area contributed by atoms with Crippen molar-refractivity contribution in [3.05, 3.63) is 0 Å². The van der Waals surface area contributed by atoms with Crippen LogP contribution in [0.25, 0.3) is 0 Å². The van der Waals surface area contributed by atoms with Crippen LogP contribution < -0.4 is 0 Å². The maximum atomic E-state index is 5.22. The average molecular weight is 178 g/mol. The Balaban J connectivity index is 2.42. The Morgan fingerprint density at radius 3 is 2.55 bits per heavy atom. The molecule has 0 radical (unpaired) electrons. The molecular weight excluding hydrogens is 163 g/mol. The van der Waals surface area contributed by atoms with Gasteiger partial charge in [0.2, 0.25) is 0 Å². The summed E-state index contributed by atoms with van der Waals surface area (Å²) in [5.41, 5.74) is 0.0833. The number of hydrogen-bond acceptors (Lipinski definition) is 3. The first-order chi connectivity index (χ1) is 5.33. The summed E-state index contributed by atoms with van der Waals surface area (Å²) in [6, 6.07) is 0. The van der Waals surface area contributed by atoms with E-state index < -0.39 is 0 Å². The molecule has 3 nitrogen and oxygen atoms in total. The normalized spacial score (nSPS) is 23.5. The topological polar surface area (TPSA) is 27.7 Å². The van der Waals surface area contributed by atoms with E-state index in [1.54, 1.807) is 0 Å². The zero-order valence-electron chi connectivity index (χ0n) is 6.84. The molecule has 11 heavy (non-hydrogen) atoms. The molecule has 0 N–H and O–H groups in total. The highest BCUT2D eigenvalue weighted by Crippen LogP contribution is 2.27. The molecule has 66 valence electrons. The summed E-state index contributed by atoms with van der Waals surface area (Å²) in [5.74, 6) is 0. The zero-order valence-corrected chi connectivity index (χ0v) is 7.99. The Kier molecular flexibility index (Phi) is 3.73. The molecule has 1 aliphatic heterocycles. The van der Waals surface area contributed by atoms with Gasteiger partial charge in [0, 0.05) is 14.9 Å². The molecule has 1 aliphatic rings. The fourth-order valence-corrected chi connectivity index (χ4v) is 1.54. The fourth-order valence-electron chi connectivity index (χ4n) is 1.18. The van der Waals surface area contributed by atoms with E-state index in [-0.39, 0.29) is 5.41 Å². The van der Waals surface area contributed by atoms with E-state index in [0.29, 0.717) is 13.4 Å². The van der Waals surface area contributed by atoms with Crippen molar-refractivity contribution in [3.8, 4) is 0 Å². The fraction of sp³-hybridized carbons (Fsp3) is 1.00. The van der Waals surface area contributed by atoms with Gasteiger partial charge in [0.05, 0.1) is 19.8 Å². The minimum Gasteiger partial charge on any atom is -0.365 e. The highest BCUT2D eigenvalue weighted by molar-refractivity contribution is 7.09. The van der Waals surface area contributed by atoms with E-state index in [9.17, 15) is 0 Å². The second-order valence-electron chi connectivity index (χ2n) is 2.98. The molecule has 0 aromatic rings. The van der Waals surface area contributed by atoms with Gasteiger partial charge in [0.25, 0.3) is 0 Å². The van der Waals surface area contributed by atoms with E-state index in [0.717, 1.165) is 19.6 Å². The smallest absolute Gasteiger partial charge is 0.146 e. The summed E-state index contributed by atoms with van der Waals surface area (Å²) in [6.45, 7) is 4.74. The molecule has 0 aliphatic carbocycles. The lowest BCUT2D eigenvalue weighted by Gasteiger charge is -2.34. The van der Waals surface area contributed by atoms with Crippen LogP contribution in [0.1, 0.15) is 13.3 Å². The van der Waals surface area contributed by atoms with Gasteiger partial charge in [-0.3, -0.25) is 0 Å². The molecule has 1 atom stereocenters. The van der Waals surface area contributed by atoms with Crippen LogP contribution >= 0.6 is 9.47 Å². The summed E-state index contributed by atoms with van der Waals surface area (Å²) in [4.78, 5) is 0. The van der Waals surface area contributed by atoms with Crippen molar-refractivity contribution in [2.45, 2.75) is 13.3 Å². The van der Waals surface area contributed by atoms with Crippen molar-refractivity contribution < 1.29 is 14.0 Å². The van der Waals surface area contributed by atoms with Crippen molar-refractivity contribution in [1.29, 1.82) is 0 Å². The largest absolute Gasteiger partial charge is 0.365 e. The maximum Gasteiger partial charge on any atom is 0.146 e. The van der Waals surface area contributed by atoms with Crippen molar-refractivity contribution in [2.24, 2.45) is 5.41 Å². The minimum atomic E-state index is 0.0833. The Labute approximate surface area is 69.7 Å². The summed E-state index contributed by atoms with van der Waals surface area (Å²) in [5, 5.41) is 0. The van der Waals surface area contributed by atoms with Crippen LogP contribution in [0, 0.1) is 5.41 Å². The summed E-state index contributed by atoms with van der Waals surface area (Å²) < 4.78 is 15.5. The standard InChI is InChI=1S/C7H15O3P/c1-2-7(5-10-11)3-8-6-9-4-7/h2-6,11H2,1H3. The molecule has 0 aromatic heterocycles. The molecule has 1 saturated heterocycles. The molecule has 1 unspecified atom stereocenters. The van der Waals surface area contributed by atoms with Gasteiger partial charge < -0.3 is 14.0 Å². The lowest BCUT2D eigenvalue weighted by molar-refractivity contribution is -0.173. The molecular formula is C7H15O3P. The van der Waals surface area contributed by atoms with Gasteiger partial charge in [0.1, 0.15) is 6.79 Å². The molecule has 0 amide bonds. The van der Waals surface area contributed by atoms with E-state index >= 15 is 0 Å². The summed E-state index contributed by atoms with van der Waals surface area (Å²) in [6.07, 6.45) is 1.03. The number of rotatable bonds is 3. The molecule has 0 bridgehead atoms. The average Bonchev–Trinajstić information content (AvgIpc) is 2.07. The highest BCUT2D eigenvalue weighted by Gasteiger charge is 2.31. The van der Waals surface area contributed by atoms with Crippen LogP contribution in [0.15, 0.2) is 0 Å². The molecule has 0 saturated carbocycles. The first kappa shape index (κ1) is 9.40. The Morgan fingerprint density at radius 1 is 1.45 bits per heavy atom. The van der Waals surface area contributed by atoms with Crippen molar-refractivity contribution in [1.82, 2.24) is 0 Å². The lowest BCUT2D eigenvalue weighted by atomic mass is 9.88. The van der Waals surface area contributed by atoms with Crippen LogP contribution in [0.3, 0.4) is 0 Å². The van der Waals surface area contributed by atoms with Crippen LogP contribution in [0.5, 0.6) is 0 Å². The van der Waals surface area contributed by atoms with Gasteiger partial charge in [-0.25, -0.2) is 0 Å². The Morgan fingerprint density at radius 2 is 2.09 bits per heavy atom. The SMILES string of the molecule is CCC1(COP)COCOC1. The summed E-state index contributed by atoms with van der Waals surface area (Å²) >= 11 is 0. The Bertz CT molecular complexity index is 107. The molecule has 0 aromatic carbocycles. The summed E-state index contributed by atoms with van der Waals surface area (Å²) in [7, 11) is 2.26. The van der Waals surface area contributed by atoms with Gasteiger partial charge in [-0.2, -0.15) is 0 Å². The van der Waals surface area contributed by atoms with E-state index in [2.05, 4.69) is 16.4 Å². The second-order valence-corrected chi connectivity index (χ2v) is 3.31. The monoisotopic (exact) mass is 178 g/mol.